The van der Waals surface area contributed by atoms with Gasteiger partial charge in [0, 0.05) is 32.5 Å². The lowest BCUT2D eigenvalue weighted by Crippen LogP contribution is -2.21. The number of nitro groups is 1. The second-order valence-electron chi connectivity index (χ2n) is 5.72. The first-order chi connectivity index (χ1) is 12.0. The molecule has 0 aliphatic heterocycles. The number of benzene rings is 1. The van der Waals surface area contributed by atoms with E-state index in [1.807, 2.05) is 43.3 Å². The van der Waals surface area contributed by atoms with E-state index in [4.69, 9.17) is 0 Å². The number of nitrogens with zero attached hydrogens (tertiary/aromatic N) is 4. The SMILES string of the molecule is CN(C)c1cccc(CNc2nc3ccccn3c(=O)c2[N+](=O)[O-])c1. The van der Waals surface area contributed by atoms with Crippen molar-refractivity contribution in [2.24, 2.45) is 0 Å². The maximum Gasteiger partial charge on any atom is 0.376 e. The van der Waals surface area contributed by atoms with E-state index in [0.717, 1.165) is 15.7 Å². The van der Waals surface area contributed by atoms with Crippen LogP contribution in [0.25, 0.3) is 5.65 Å². The molecule has 0 aliphatic carbocycles. The third-order valence-electron chi connectivity index (χ3n) is 3.78. The van der Waals surface area contributed by atoms with E-state index in [9.17, 15) is 14.9 Å². The second kappa shape index (κ2) is 6.60. The van der Waals surface area contributed by atoms with Gasteiger partial charge in [-0.05, 0) is 29.8 Å². The molecule has 2 heterocycles. The molecule has 0 spiro atoms. The Hall–Kier alpha value is -3.42. The molecule has 0 radical (unpaired) electrons. The van der Waals surface area contributed by atoms with Crippen LogP contribution in [0.2, 0.25) is 0 Å². The summed E-state index contributed by atoms with van der Waals surface area (Å²) in [6.45, 7) is 0.317. The van der Waals surface area contributed by atoms with Crippen LogP contribution < -0.4 is 15.8 Å². The molecule has 0 fully saturated rings. The van der Waals surface area contributed by atoms with Gasteiger partial charge in [-0.2, -0.15) is 0 Å². The average Bonchev–Trinajstić information content (AvgIpc) is 2.60. The lowest BCUT2D eigenvalue weighted by Gasteiger charge is -2.14. The maximum atomic E-state index is 12.4. The number of anilines is 2. The minimum atomic E-state index is -0.708. The number of nitrogens with one attached hydrogen (secondary N) is 1. The first-order valence-corrected chi connectivity index (χ1v) is 7.63. The third kappa shape index (κ3) is 3.27. The van der Waals surface area contributed by atoms with Crippen molar-refractivity contribution in [3.05, 3.63) is 74.7 Å². The van der Waals surface area contributed by atoms with Crippen LogP contribution in [0.5, 0.6) is 0 Å². The summed E-state index contributed by atoms with van der Waals surface area (Å²) in [6.07, 6.45) is 1.46. The van der Waals surface area contributed by atoms with Crippen molar-refractivity contribution in [3.8, 4) is 0 Å². The smallest absolute Gasteiger partial charge is 0.376 e. The Bertz CT molecular complexity index is 997. The van der Waals surface area contributed by atoms with Gasteiger partial charge in [0.25, 0.3) is 0 Å². The van der Waals surface area contributed by atoms with Crippen molar-refractivity contribution in [1.29, 1.82) is 0 Å². The van der Waals surface area contributed by atoms with E-state index in [-0.39, 0.29) is 5.82 Å². The molecule has 0 saturated carbocycles. The summed E-state index contributed by atoms with van der Waals surface area (Å²) in [5.74, 6) is -0.0311. The summed E-state index contributed by atoms with van der Waals surface area (Å²) < 4.78 is 1.16. The van der Waals surface area contributed by atoms with E-state index in [2.05, 4.69) is 10.3 Å². The Labute approximate surface area is 143 Å². The summed E-state index contributed by atoms with van der Waals surface area (Å²) in [4.78, 5) is 29.2. The first kappa shape index (κ1) is 16.4. The summed E-state index contributed by atoms with van der Waals surface area (Å²) >= 11 is 0. The summed E-state index contributed by atoms with van der Waals surface area (Å²) in [5.41, 5.74) is 1.02. The zero-order chi connectivity index (χ0) is 18.0. The van der Waals surface area contributed by atoms with Gasteiger partial charge in [0.05, 0.1) is 4.92 Å². The van der Waals surface area contributed by atoms with Crippen LogP contribution in [0, 0.1) is 10.1 Å². The highest BCUT2D eigenvalue weighted by atomic mass is 16.6. The Balaban J connectivity index is 1.98. The van der Waals surface area contributed by atoms with Crippen molar-refractivity contribution < 1.29 is 4.92 Å². The third-order valence-corrected chi connectivity index (χ3v) is 3.78. The fraction of sp³-hybridized carbons (Fsp3) is 0.176. The minimum absolute atomic E-state index is 0.0311. The van der Waals surface area contributed by atoms with E-state index >= 15 is 0 Å². The van der Waals surface area contributed by atoms with E-state index in [1.54, 1.807) is 18.2 Å². The molecule has 0 atom stereocenters. The molecule has 0 aliphatic rings. The number of pyridine rings is 1. The number of hydrogen-bond acceptors (Lipinski definition) is 6. The summed E-state index contributed by atoms with van der Waals surface area (Å²) in [6, 6.07) is 12.7. The highest BCUT2D eigenvalue weighted by Crippen LogP contribution is 2.20. The molecule has 8 heteroatoms. The van der Waals surface area contributed by atoms with Gasteiger partial charge in [0.15, 0.2) is 0 Å². The lowest BCUT2D eigenvalue weighted by molar-refractivity contribution is -0.385. The average molecular weight is 339 g/mol. The van der Waals surface area contributed by atoms with Gasteiger partial charge in [0.2, 0.25) is 5.82 Å². The quantitative estimate of drug-likeness (QED) is 0.566. The predicted octanol–water partition coefficient (Wildman–Crippen LogP) is 2.28. The van der Waals surface area contributed by atoms with Crippen LogP contribution in [0.4, 0.5) is 17.2 Å². The van der Waals surface area contributed by atoms with Gasteiger partial charge in [-0.15, -0.1) is 0 Å². The van der Waals surface area contributed by atoms with Crippen LogP contribution in [0.15, 0.2) is 53.5 Å². The molecular formula is C17H17N5O3. The van der Waals surface area contributed by atoms with E-state index in [1.165, 1.54) is 6.20 Å². The second-order valence-corrected chi connectivity index (χ2v) is 5.72. The number of rotatable bonds is 5. The van der Waals surface area contributed by atoms with Gasteiger partial charge >= 0.3 is 11.2 Å². The van der Waals surface area contributed by atoms with Crippen LogP contribution in [0.1, 0.15) is 5.56 Å². The molecular weight excluding hydrogens is 322 g/mol. The Kier molecular flexibility index (Phi) is 4.34. The largest absolute Gasteiger partial charge is 0.378 e. The lowest BCUT2D eigenvalue weighted by atomic mass is 10.2. The van der Waals surface area contributed by atoms with Gasteiger partial charge in [-0.1, -0.05) is 18.2 Å². The molecule has 3 rings (SSSR count). The number of hydrogen-bond donors (Lipinski definition) is 1. The van der Waals surface area contributed by atoms with E-state index < -0.39 is 16.2 Å². The normalized spacial score (nSPS) is 10.6. The standard InChI is InChI=1S/C17H17N5O3/c1-20(2)13-7-5-6-12(10-13)11-18-16-15(22(24)25)17(23)21-9-4-3-8-14(21)19-16/h3-10,18H,11H2,1-2H3. The van der Waals surface area contributed by atoms with Gasteiger partial charge in [-0.3, -0.25) is 19.3 Å². The molecule has 0 saturated heterocycles. The topological polar surface area (TPSA) is 92.8 Å². The molecule has 8 nitrogen and oxygen atoms in total. The fourth-order valence-electron chi connectivity index (χ4n) is 2.50. The number of aromatic nitrogens is 2. The van der Waals surface area contributed by atoms with Crippen molar-refractivity contribution in [2.75, 3.05) is 24.3 Å². The van der Waals surface area contributed by atoms with Crippen molar-refractivity contribution in [2.45, 2.75) is 6.54 Å². The Morgan fingerprint density at radius 2 is 2.04 bits per heavy atom. The van der Waals surface area contributed by atoms with Gasteiger partial charge in [0.1, 0.15) is 5.65 Å². The van der Waals surface area contributed by atoms with Crippen LogP contribution in [-0.4, -0.2) is 28.4 Å². The summed E-state index contributed by atoms with van der Waals surface area (Å²) in [5, 5.41) is 14.3. The summed E-state index contributed by atoms with van der Waals surface area (Å²) in [7, 11) is 3.87. The van der Waals surface area contributed by atoms with Gasteiger partial charge < -0.3 is 10.2 Å². The van der Waals surface area contributed by atoms with Crippen molar-refractivity contribution in [1.82, 2.24) is 9.38 Å². The minimum Gasteiger partial charge on any atom is -0.378 e. The molecule has 2 aromatic heterocycles. The van der Waals surface area contributed by atoms with E-state index in [0.29, 0.717) is 12.2 Å². The van der Waals surface area contributed by atoms with Crippen LogP contribution in [0.3, 0.4) is 0 Å². The monoisotopic (exact) mass is 339 g/mol. The highest BCUT2D eigenvalue weighted by Gasteiger charge is 2.23. The van der Waals surface area contributed by atoms with Crippen molar-refractivity contribution in [3.63, 3.8) is 0 Å². The maximum absolute atomic E-state index is 12.4. The first-order valence-electron chi connectivity index (χ1n) is 7.63. The van der Waals surface area contributed by atoms with Crippen LogP contribution >= 0.6 is 0 Å². The highest BCUT2D eigenvalue weighted by molar-refractivity contribution is 5.60. The molecule has 0 bridgehead atoms. The fourth-order valence-corrected chi connectivity index (χ4v) is 2.50. The zero-order valence-electron chi connectivity index (χ0n) is 13.8. The Morgan fingerprint density at radius 1 is 1.24 bits per heavy atom. The van der Waals surface area contributed by atoms with Crippen LogP contribution in [-0.2, 0) is 6.54 Å². The molecule has 3 aromatic rings. The zero-order valence-corrected chi connectivity index (χ0v) is 13.8. The molecule has 128 valence electrons. The molecule has 1 N–H and O–H groups in total. The van der Waals surface area contributed by atoms with Crippen molar-refractivity contribution >= 4 is 22.8 Å². The number of fused-ring (bicyclic) bond motifs is 1. The molecule has 25 heavy (non-hydrogen) atoms. The molecule has 1 aromatic carbocycles. The molecule has 0 unspecified atom stereocenters. The predicted molar refractivity (Wildman–Crippen MR) is 96.2 cm³/mol. The molecule has 0 amide bonds. The Morgan fingerprint density at radius 3 is 2.76 bits per heavy atom. The van der Waals surface area contributed by atoms with Gasteiger partial charge in [-0.25, -0.2) is 4.98 Å².